The summed E-state index contributed by atoms with van der Waals surface area (Å²) >= 11 is 0. The molecule has 1 saturated carbocycles. The Balaban J connectivity index is 1.98. The first kappa shape index (κ1) is 14.6. The van der Waals surface area contributed by atoms with Crippen molar-refractivity contribution in [1.82, 2.24) is 5.32 Å². The Kier molecular flexibility index (Phi) is 5.04. The van der Waals surface area contributed by atoms with Crippen molar-refractivity contribution in [3.8, 4) is 0 Å². The second-order valence-corrected chi connectivity index (χ2v) is 6.45. The zero-order valence-corrected chi connectivity index (χ0v) is 12.8. The van der Waals surface area contributed by atoms with E-state index in [4.69, 9.17) is 0 Å². The first-order chi connectivity index (χ1) is 9.18. The predicted molar refractivity (Wildman–Crippen MR) is 83.5 cm³/mol. The standard InChI is InChI=1S/C18H29N/c1-4-12-19-14-18(3,17-10-11-17)13-16-8-6-15(5-2)7-9-16/h6-9,17,19H,4-5,10-14H2,1-3H3. The van der Waals surface area contributed by atoms with Crippen LogP contribution in [0, 0.1) is 11.3 Å². The molecule has 1 aromatic rings. The maximum Gasteiger partial charge on any atom is 0.00110 e. The predicted octanol–water partition coefficient (Wildman–Crippen LogP) is 4.21. The molecule has 0 spiro atoms. The molecule has 1 unspecified atom stereocenters. The number of rotatable bonds is 8. The van der Waals surface area contributed by atoms with Crippen LogP contribution in [0.5, 0.6) is 0 Å². The third-order valence-corrected chi connectivity index (χ3v) is 4.56. The highest BCUT2D eigenvalue weighted by atomic mass is 14.9. The number of aryl methyl sites for hydroxylation is 1. The minimum atomic E-state index is 0.447. The quantitative estimate of drug-likeness (QED) is 0.690. The summed E-state index contributed by atoms with van der Waals surface area (Å²) in [4.78, 5) is 0. The van der Waals surface area contributed by atoms with Crippen molar-refractivity contribution in [2.75, 3.05) is 13.1 Å². The topological polar surface area (TPSA) is 12.0 Å². The number of hydrogen-bond acceptors (Lipinski definition) is 1. The van der Waals surface area contributed by atoms with Crippen molar-refractivity contribution in [3.63, 3.8) is 0 Å². The lowest BCUT2D eigenvalue weighted by Gasteiger charge is -2.30. The molecule has 1 fully saturated rings. The van der Waals surface area contributed by atoms with Crippen molar-refractivity contribution in [3.05, 3.63) is 35.4 Å². The van der Waals surface area contributed by atoms with E-state index >= 15 is 0 Å². The summed E-state index contributed by atoms with van der Waals surface area (Å²) in [7, 11) is 0. The van der Waals surface area contributed by atoms with E-state index in [0.717, 1.165) is 18.9 Å². The largest absolute Gasteiger partial charge is 0.316 e. The van der Waals surface area contributed by atoms with Gasteiger partial charge in [0, 0.05) is 6.54 Å². The zero-order chi connectivity index (χ0) is 13.7. The first-order valence-corrected chi connectivity index (χ1v) is 7.96. The van der Waals surface area contributed by atoms with Gasteiger partial charge in [-0.3, -0.25) is 0 Å². The van der Waals surface area contributed by atoms with Gasteiger partial charge in [0.2, 0.25) is 0 Å². The summed E-state index contributed by atoms with van der Waals surface area (Å²) in [5.41, 5.74) is 3.40. The van der Waals surface area contributed by atoms with Gasteiger partial charge in [-0.15, -0.1) is 0 Å². The van der Waals surface area contributed by atoms with Crippen molar-refractivity contribution >= 4 is 0 Å². The molecule has 1 heteroatoms. The van der Waals surface area contributed by atoms with E-state index in [1.807, 2.05) is 0 Å². The van der Waals surface area contributed by atoms with Gasteiger partial charge in [-0.2, -0.15) is 0 Å². The van der Waals surface area contributed by atoms with E-state index in [9.17, 15) is 0 Å². The molecule has 19 heavy (non-hydrogen) atoms. The van der Waals surface area contributed by atoms with Crippen LogP contribution in [0.25, 0.3) is 0 Å². The molecule has 0 aliphatic heterocycles. The first-order valence-electron chi connectivity index (χ1n) is 7.96. The van der Waals surface area contributed by atoms with Gasteiger partial charge in [-0.05, 0) is 61.1 Å². The molecule has 1 N–H and O–H groups in total. The van der Waals surface area contributed by atoms with Crippen LogP contribution in [-0.2, 0) is 12.8 Å². The fraction of sp³-hybridized carbons (Fsp3) is 0.667. The lowest BCUT2D eigenvalue weighted by atomic mass is 9.78. The van der Waals surface area contributed by atoms with E-state index in [0.29, 0.717) is 5.41 Å². The second kappa shape index (κ2) is 6.56. The summed E-state index contributed by atoms with van der Waals surface area (Å²) in [6.07, 6.45) is 6.44. The molecular weight excluding hydrogens is 230 g/mol. The van der Waals surface area contributed by atoms with Crippen LogP contribution in [0.1, 0.15) is 51.2 Å². The molecule has 0 amide bonds. The molecule has 1 aromatic carbocycles. The third-order valence-electron chi connectivity index (χ3n) is 4.56. The number of hydrogen-bond donors (Lipinski definition) is 1. The highest BCUT2D eigenvalue weighted by Gasteiger charge is 2.40. The molecule has 1 aliphatic rings. The molecule has 2 rings (SSSR count). The Morgan fingerprint density at radius 2 is 1.74 bits per heavy atom. The third kappa shape index (κ3) is 4.07. The summed E-state index contributed by atoms with van der Waals surface area (Å²) in [6, 6.07) is 9.25. The van der Waals surface area contributed by atoms with Gasteiger partial charge in [0.1, 0.15) is 0 Å². The van der Waals surface area contributed by atoms with Crippen LogP contribution in [0.4, 0.5) is 0 Å². The van der Waals surface area contributed by atoms with Gasteiger partial charge < -0.3 is 5.32 Å². The Labute approximate surface area is 118 Å². The Morgan fingerprint density at radius 1 is 1.11 bits per heavy atom. The lowest BCUT2D eigenvalue weighted by molar-refractivity contribution is 0.256. The van der Waals surface area contributed by atoms with E-state index in [-0.39, 0.29) is 0 Å². The van der Waals surface area contributed by atoms with Gasteiger partial charge >= 0.3 is 0 Å². The average Bonchev–Trinajstić information content (AvgIpc) is 3.25. The van der Waals surface area contributed by atoms with E-state index in [2.05, 4.69) is 50.4 Å². The van der Waals surface area contributed by atoms with Crippen molar-refractivity contribution in [2.45, 2.75) is 52.9 Å². The highest BCUT2D eigenvalue weighted by molar-refractivity contribution is 5.24. The lowest BCUT2D eigenvalue weighted by Crippen LogP contribution is -2.36. The maximum atomic E-state index is 3.64. The zero-order valence-electron chi connectivity index (χ0n) is 12.8. The Bertz CT molecular complexity index is 377. The molecule has 1 aliphatic carbocycles. The Hall–Kier alpha value is -0.820. The molecule has 0 heterocycles. The van der Waals surface area contributed by atoms with Crippen LogP contribution in [0.2, 0.25) is 0 Å². The molecule has 0 bridgehead atoms. The van der Waals surface area contributed by atoms with Crippen molar-refractivity contribution in [1.29, 1.82) is 0 Å². The summed E-state index contributed by atoms with van der Waals surface area (Å²) in [5.74, 6) is 0.933. The summed E-state index contributed by atoms with van der Waals surface area (Å²) in [5, 5.41) is 3.64. The van der Waals surface area contributed by atoms with Gasteiger partial charge in [0.05, 0.1) is 0 Å². The smallest absolute Gasteiger partial charge is 0.00110 e. The van der Waals surface area contributed by atoms with E-state index in [1.165, 1.54) is 43.4 Å². The molecule has 106 valence electrons. The molecule has 1 atom stereocenters. The molecular formula is C18H29N. The fourth-order valence-electron chi connectivity index (χ4n) is 3.04. The normalized spacial score (nSPS) is 18.3. The fourth-order valence-corrected chi connectivity index (χ4v) is 3.04. The second-order valence-electron chi connectivity index (χ2n) is 6.45. The summed E-state index contributed by atoms with van der Waals surface area (Å²) in [6.45, 7) is 9.25. The highest BCUT2D eigenvalue weighted by Crippen LogP contribution is 2.47. The summed E-state index contributed by atoms with van der Waals surface area (Å²) < 4.78 is 0. The monoisotopic (exact) mass is 259 g/mol. The van der Waals surface area contributed by atoms with Crippen molar-refractivity contribution < 1.29 is 0 Å². The van der Waals surface area contributed by atoms with Crippen molar-refractivity contribution in [2.24, 2.45) is 11.3 Å². The van der Waals surface area contributed by atoms with Gasteiger partial charge in [0.25, 0.3) is 0 Å². The Morgan fingerprint density at radius 3 is 2.26 bits per heavy atom. The SMILES string of the molecule is CCCNCC(C)(Cc1ccc(CC)cc1)C1CC1. The molecule has 0 aromatic heterocycles. The van der Waals surface area contributed by atoms with Crippen LogP contribution in [0.3, 0.4) is 0 Å². The number of benzene rings is 1. The van der Waals surface area contributed by atoms with Gasteiger partial charge in [-0.25, -0.2) is 0 Å². The molecule has 1 nitrogen and oxygen atoms in total. The van der Waals surface area contributed by atoms with Gasteiger partial charge in [-0.1, -0.05) is 45.0 Å². The van der Waals surface area contributed by atoms with Crippen LogP contribution < -0.4 is 5.32 Å². The number of nitrogens with one attached hydrogen (secondary N) is 1. The minimum absolute atomic E-state index is 0.447. The van der Waals surface area contributed by atoms with E-state index < -0.39 is 0 Å². The van der Waals surface area contributed by atoms with Crippen LogP contribution >= 0.6 is 0 Å². The van der Waals surface area contributed by atoms with Crippen LogP contribution in [-0.4, -0.2) is 13.1 Å². The van der Waals surface area contributed by atoms with Gasteiger partial charge in [0.15, 0.2) is 0 Å². The van der Waals surface area contributed by atoms with Crippen LogP contribution in [0.15, 0.2) is 24.3 Å². The van der Waals surface area contributed by atoms with E-state index in [1.54, 1.807) is 0 Å². The molecule has 0 radical (unpaired) electrons. The maximum absolute atomic E-state index is 3.64. The average molecular weight is 259 g/mol. The molecule has 0 saturated heterocycles. The minimum Gasteiger partial charge on any atom is -0.316 e.